The first-order valence-electron chi connectivity index (χ1n) is 11.8. The molecule has 1 aromatic carbocycles. The van der Waals surface area contributed by atoms with Crippen LogP contribution in [-0.2, 0) is 0 Å². The molecule has 0 spiro atoms. The zero-order valence-corrected chi connectivity index (χ0v) is 20.1. The van der Waals surface area contributed by atoms with Gasteiger partial charge in [-0.05, 0) is 25.0 Å². The van der Waals surface area contributed by atoms with Crippen LogP contribution in [0.15, 0.2) is 60.0 Å². The Morgan fingerprint density at radius 2 is 1.55 bits per heavy atom. The second kappa shape index (κ2) is 16.0. The quantitative estimate of drug-likeness (QED) is 0.401. The van der Waals surface area contributed by atoms with E-state index in [1.165, 1.54) is 62.6 Å². The monoisotopic (exact) mass is 445 g/mol. The number of para-hydroxylation sites is 1. The number of hydrogen-bond donors (Lipinski definition) is 1. The molecule has 1 aromatic heterocycles. The van der Waals surface area contributed by atoms with E-state index in [-0.39, 0.29) is 19.0 Å². The lowest BCUT2D eigenvalue weighted by molar-refractivity contribution is -0.788. The summed E-state index contributed by atoms with van der Waals surface area (Å²) >= 11 is 0. The Morgan fingerprint density at radius 1 is 0.839 bits per heavy atom. The average molecular weight is 446 g/mol. The topological polar surface area (TPSA) is 45.5 Å². The van der Waals surface area contributed by atoms with Gasteiger partial charge in [0.05, 0.1) is 24.9 Å². The predicted molar refractivity (Wildman–Crippen MR) is 128 cm³/mol. The number of aliphatic imine (C=N–C) groups is 1. The molecule has 0 saturated carbocycles. The number of halogens is 1. The fraction of sp³-hybridized carbons (Fsp3) is 0.538. The summed E-state index contributed by atoms with van der Waals surface area (Å²) in [5.41, 5.74) is 1.06. The lowest BCUT2D eigenvalue weighted by Crippen LogP contribution is -3.00. The van der Waals surface area contributed by atoms with Crippen molar-refractivity contribution in [3.63, 3.8) is 0 Å². The first-order chi connectivity index (χ1) is 14.8. The highest BCUT2D eigenvalue weighted by Gasteiger charge is 2.33. The van der Waals surface area contributed by atoms with Gasteiger partial charge in [0, 0.05) is 18.0 Å². The normalized spacial score (nSPS) is 17.1. The number of fused-ring (bicyclic) bond motifs is 1. The molecule has 1 N–H and O–H groups in total. The maximum Gasteiger partial charge on any atom is 0.207 e. The number of hydrogen-bond acceptors (Lipinski definition) is 3. The van der Waals surface area contributed by atoms with Crippen molar-refractivity contribution in [3.05, 3.63) is 55.0 Å². The van der Waals surface area contributed by atoms with Crippen LogP contribution in [0, 0.1) is 0 Å². The van der Waals surface area contributed by atoms with Gasteiger partial charge in [0.1, 0.15) is 12.7 Å². The SMILES string of the molecule is CCCCCCCCC1=NC=C[N+]1(CCO)CCCC.[Cl-].c1ccc2ncccc2c1. The van der Waals surface area contributed by atoms with Gasteiger partial charge in [0.15, 0.2) is 0 Å². The van der Waals surface area contributed by atoms with Gasteiger partial charge in [-0.25, -0.2) is 9.48 Å². The zero-order chi connectivity index (χ0) is 21.5. The average Bonchev–Trinajstić information content (AvgIpc) is 3.18. The summed E-state index contributed by atoms with van der Waals surface area (Å²) in [7, 11) is 0. The minimum absolute atomic E-state index is 0. The number of rotatable bonds is 12. The first kappa shape index (κ1) is 27.3. The summed E-state index contributed by atoms with van der Waals surface area (Å²) in [5.74, 6) is 1.27. The summed E-state index contributed by atoms with van der Waals surface area (Å²) in [5, 5.41) is 10.6. The Morgan fingerprint density at radius 3 is 2.29 bits per heavy atom. The number of aliphatic hydroxyl groups excluding tert-OH is 1. The minimum Gasteiger partial charge on any atom is -1.00 e. The molecule has 3 rings (SSSR count). The van der Waals surface area contributed by atoms with Crippen molar-refractivity contribution >= 4 is 16.7 Å². The Balaban J connectivity index is 0.000000363. The molecule has 31 heavy (non-hydrogen) atoms. The predicted octanol–water partition coefficient (Wildman–Crippen LogP) is 3.47. The second-order valence-corrected chi connectivity index (χ2v) is 8.12. The van der Waals surface area contributed by atoms with E-state index in [9.17, 15) is 5.11 Å². The smallest absolute Gasteiger partial charge is 0.207 e. The highest BCUT2D eigenvalue weighted by Crippen LogP contribution is 2.22. The molecule has 5 heteroatoms. The maximum absolute atomic E-state index is 9.37. The Bertz CT molecular complexity index is 728. The molecule has 1 atom stereocenters. The largest absolute Gasteiger partial charge is 1.00 e. The third-order valence-corrected chi connectivity index (χ3v) is 5.77. The fourth-order valence-electron chi connectivity index (χ4n) is 3.95. The second-order valence-electron chi connectivity index (χ2n) is 8.12. The lowest BCUT2D eigenvalue weighted by atomic mass is 10.1. The van der Waals surface area contributed by atoms with Crippen molar-refractivity contribution in [2.45, 2.75) is 71.6 Å². The number of benzene rings is 1. The Hall–Kier alpha value is -1.75. The highest BCUT2D eigenvalue weighted by molar-refractivity contribution is 5.78. The first-order valence-corrected chi connectivity index (χ1v) is 11.8. The van der Waals surface area contributed by atoms with Crippen LogP contribution < -0.4 is 12.4 Å². The number of aliphatic hydroxyl groups is 1. The molecular weight excluding hydrogens is 406 g/mol. The Labute approximate surface area is 195 Å². The highest BCUT2D eigenvalue weighted by atomic mass is 35.5. The van der Waals surface area contributed by atoms with Crippen molar-refractivity contribution in [1.82, 2.24) is 4.98 Å². The zero-order valence-electron chi connectivity index (χ0n) is 19.3. The molecule has 0 bridgehead atoms. The number of pyridine rings is 1. The molecule has 1 unspecified atom stereocenters. The van der Waals surface area contributed by atoms with Crippen LogP contribution in [-0.4, -0.2) is 40.1 Å². The molecule has 1 aliphatic heterocycles. The minimum atomic E-state index is 0. The van der Waals surface area contributed by atoms with E-state index < -0.39 is 0 Å². The number of unbranched alkanes of at least 4 members (excludes halogenated alkanes) is 6. The Kier molecular flexibility index (Phi) is 14.1. The van der Waals surface area contributed by atoms with Gasteiger partial charge in [-0.2, -0.15) is 0 Å². The molecule has 0 aliphatic carbocycles. The van der Waals surface area contributed by atoms with Crippen LogP contribution in [0.25, 0.3) is 10.9 Å². The van der Waals surface area contributed by atoms with Gasteiger partial charge in [-0.3, -0.25) is 4.98 Å². The van der Waals surface area contributed by atoms with Crippen LogP contribution in [0.2, 0.25) is 0 Å². The number of nitrogens with zero attached hydrogens (tertiary/aromatic N) is 3. The molecule has 0 fully saturated rings. The molecule has 2 aromatic rings. The van der Waals surface area contributed by atoms with E-state index in [4.69, 9.17) is 0 Å². The van der Waals surface area contributed by atoms with Crippen LogP contribution in [0.5, 0.6) is 0 Å². The van der Waals surface area contributed by atoms with Gasteiger partial charge in [0.25, 0.3) is 0 Å². The van der Waals surface area contributed by atoms with E-state index in [0.717, 1.165) is 29.5 Å². The molecule has 2 heterocycles. The molecule has 4 nitrogen and oxygen atoms in total. The standard InChI is InChI=1S/C17H33N2O.C9H7N.ClH/c1-3-5-7-8-9-10-11-17-18-12-14-19(17,15-16-20)13-6-4-2;1-2-6-9-8(4-1)5-3-7-10-9;/h12,14,20H,3-11,13,15-16H2,1-2H3;1-7H;1H/q+1;;/p-1. The van der Waals surface area contributed by atoms with Crippen LogP contribution >= 0.6 is 0 Å². The summed E-state index contributed by atoms with van der Waals surface area (Å²) in [4.78, 5) is 8.77. The van der Waals surface area contributed by atoms with Crippen molar-refractivity contribution in [3.8, 4) is 0 Å². The number of aromatic nitrogens is 1. The van der Waals surface area contributed by atoms with Gasteiger partial charge >= 0.3 is 0 Å². The molecule has 172 valence electrons. The van der Waals surface area contributed by atoms with E-state index in [1.54, 1.807) is 0 Å². The van der Waals surface area contributed by atoms with E-state index in [1.807, 2.05) is 36.7 Å². The van der Waals surface area contributed by atoms with Gasteiger partial charge in [0.2, 0.25) is 5.84 Å². The third-order valence-electron chi connectivity index (χ3n) is 5.77. The van der Waals surface area contributed by atoms with Crippen molar-refractivity contribution in [2.75, 3.05) is 19.7 Å². The molecule has 0 saturated heterocycles. The van der Waals surface area contributed by atoms with Gasteiger partial charge < -0.3 is 17.5 Å². The fourth-order valence-corrected chi connectivity index (χ4v) is 3.95. The van der Waals surface area contributed by atoms with Crippen LogP contribution in [0.3, 0.4) is 0 Å². The van der Waals surface area contributed by atoms with E-state index >= 15 is 0 Å². The van der Waals surface area contributed by atoms with Gasteiger partial charge in [-0.1, -0.05) is 76.6 Å². The maximum atomic E-state index is 9.37. The van der Waals surface area contributed by atoms with Crippen LogP contribution in [0.4, 0.5) is 0 Å². The lowest BCUT2D eigenvalue weighted by Gasteiger charge is -2.32. The summed E-state index contributed by atoms with van der Waals surface area (Å²) in [6.45, 7) is 6.59. The third kappa shape index (κ3) is 9.10. The number of quaternary nitrogens is 1. The summed E-state index contributed by atoms with van der Waals surface area (Å²) in [6.07, 6.45) is 17.4. The van der Waals surface area contributed by atoms with E-state index in [2.05, 4.69) is 42.2 Å². The molecular formula is C26H40ClN3O. The number of amidine groups is 1. The van der Waals surface area contributed by atoms with Crippen molar-refractivity contribution < 1.29 is 22.0 Å². The van der Waals surface area contributed by atoms with Crippen molar-refractivity contribution in [2.24, 2.45) is 4.99 Å². The van der Waals surface area contributed by atoms with Crippen molar-refractivity contribution in [1.29, 1.82) is 0 Å². The molecule has 1 aliphatic rings. The summed E-state index contributed by atoms with van der Waals surface area (Å²) in [6, 6.07) is 12.1. The summed E-state index contributed by atoms with van der Waals surface area (Å²) < 4.78 is 0.805. The van der Waals surface area contributed by atoms with Crippen LogP contribution in [0.1, 0.15) is 71.6 Å². The van der Waals surface area contributed by atoms with E-state index in [0.29, 0.717) is 0 Å². The molecule has 0 amide bonds. The van der Waals surface area contributed by atoms with Gasteiger partial charge in [-0.15, -0.1) is 0 Å². The molecule has 0 radical (unpaired) electrons.